The van der Waals surface area contributed by atoms with E-state index in [-0.39, 0.29) is 30.7 Å². The van der Waals surface area contributed by atoms with Gasteiger partial charge in [0.1, 0.15) is 11.5 Å². The van der Waals surface area contributed by atoms with E-state index in [9.17, 15) is 22.8 Å². The first kappa shape index (κ1) is 18.6. The van der Waals surface area contributed by atoms with E-state index in [1.54, 1.807) is 24.3 Å². The molecule has 1 aliphatic heterocycles. The Morgan fingerprint density at radius 1 is 1.19 bits per heavy atom. The summed E-state index contributed by atoms with van der Waals surface area (Å²) in [5, 5.41) is 5.33. The molecule has 2 amide bonds. The van der Waals surface area contributed by atoms with Crippen LogP contribution in [0.25, 0.3) is 0 Å². The van der Waals surface area contributed by atoms with Crippen LogP contribution in [0.4, 0.5) is 18.9 Å². The monoisotopic (exact) mass is 380 g/mol. The van der Waals surface area contributed by atoms with E-state index in [0.717, 1.165) is 0 Å². The van der Waals surface area contributed by atoms with Crippen molar-refractivity contribution >= 4 is 17.5 Å². The largest absolute Gasteiger partial charge is 0.484 e. The third-order valence-corrected chi connectivity index (χ3v) is 3.66. The predicted molar refractivity (Wildman–Crippen MR) is 89.7 cm³/mol. The van der Waals surface area contributed by atoms with E-state index in [0.29, 0.717) is 22.6 Å². The van der Waals surface area contributed by atoms with E-state index in [2.05, 4.69) is 15.4 Å². The summed E-state index contributed by atoms with van der Waals surface area (Å²) in [5.74, 6) is -0.109. The molecule has 0 saturated heterocycles. The molecule has 0 fully saturated rings. The van der Waals surface area contributed by atoms with Gasteiger partial charge in [-0.2, -0.15) is 13.2 Å². The lowest BCUT2D eigenvalue weighted by atomic mass is 10.1. The van der Waals surface area contributed by atoms with Crippen molar-refractivity contribution in [2.45, 2.75) is 12.7 Å². The van der Waals surface area contributed by atoms with Crippen molar-refractivity contribution in [3.05, 3.63) is 53.6 Å². The normalized spacial score (nSPS) is 13.2. The van der Waals surface area contributed by atoms with Gasteiger partial charge in [-0.1, -0.05) is 12.1 Å². The lowest BCUT2D eigenvalue weighted by Gasteiger charge is -2.18. The number of rotatable bonds is 5. The van der Waals surface area contributed by atoms with Gasteiger partial charge in [-0.3, -0.25) is 9.59 Å². The number of carbonyl (C=O) groups excluding carboxylic acids is 2. The van der Waals surface area contributed by atoms with Crippen LogP contribution in [0.3, 0.4) is 0 Å². The van der Waals surface area contributed by atoms with Gasteiger partial charge in [-0.05, 0) is 35.9 Å². The summed E-state index contributed by atoms with van der Waals surface area (Å²) in [4.78, 5) is 23.5. The fourth-order valence-electron chi connectivity index (χ4n) is 2.37. The molecule has 1 aliphatic rings. The molecule has 1 heterocycles. The van der Waals surface area contributed by atoms with Crippen molar-refractivity contribution in [2.24, 2.45) is 0 Å². The number of hydrogen-bond acceptors (Lipinski definition) is 4. The second-order valence-electron chi connectivity index (χ2n) is 5.78. The van der Waals surface area contributed by atoms with Crippen LogP contribution in [0.2, 0.25) is 0 Å². The number of fused-ring (bicyclic) bond motifs is 1. The molecule has 0 spiro atoms. The maximum atomic E-state index is 12.2. The second-order valence-corrected chi connectivity index (χ2v) is 5.78. The molecular weight excluding hydrogens is 365 g/mol. The van der Waals surface area contributed by atoms with Gasteiger partial charge in [-0.15, -0.1) is 0 Å². The lowest BCUT2D eigenvalue weighted by Crippen LogP contribution is -2.26. The highest BCUT2D eigenvalue weighted by molar-refractivity contribution is 5.98. The second kappa shape index (κ2) is 7.56. The Labute approximate surface area is 152 Å². The van der Waals surface area contributed by atoms with E-state index >= 15 is 0 Å². The number of amides is 2. The highest BCUT2D eigenvalue weighted by Gasteiger charge is 2.28. The zero-order chi connectivity index (χ0) is 19.4. The summed E-state index contributed by atoms with van der Waals surface area (Å²) in [5.41, 5.74) is 1.55. The van der Waals surface area contributed by atoms with Gasteiger partial charge >= 0.3 is 6.18 Å². The zero-order valence-corrected chi connectivity index (χ0v) is 13.9. The molecule has 6 nitrogen and oxygen atoms in total. The van der Waals surface area contributed by atoms with Gasteiger partial charge < -0.3 is 20.1 Å². The number of hydrogen-bond donors (Lipinski definition) is 2. The minimum atomic E-state index is -4.39. The standard InChI is InChI=1S/C18H15F3N2O4/c19-18(20,21)10-27-13-4-1-11(2-5-13)8-22-17(25)12-3-6-14-15(7-12)26-9-16(24)23-14/h1-7H,8-10H2,(H,22,25)(H,23,24). The number of anilines is 1. The maximum Gasteiger partial charge on any atom is 0.422 e. The van der Waals surface area contributed by atoms with Crippen molar-refractivity contribution in [2.75, 3.05) is 18.5 Å². The molecular formula is C18H15F3N2O4. The van der Waals surface area contributed by atoms with Gasteiger partial charge in [-0.25, -0.2) is 0 Å². The molecule has 2 aromatic rings. The first-order valence-corrected chi connectivity index (χ1v) is 7.93. The maximum absolute atomic E-state index is 12.2. The van der Waals surface area contributed by atoms with Crippen molar-refractivity contribution in [3.8, 4) is 11.5 Å². The Bertz CT molecular complexity index is 851. The minimum Gasteiger partial charge on any atom is -0.484 e. The van der Waals surface area contributed by atoms with Gasteiger partial charge in [0, 0.05) is 12.1 Å². The van der Waals surface area contributed by atoms with Gasteiger partial charge in [0.2, 0.25) is 0 Å². The topological polar surface area (TPSA) is 76.7 Å². The molecule has 3 rings (SSSR count). The molecule has 9 heteroatoms. The average molecular weight is 380 g/mol. The zero-order valence-electron chi connectivity index (χ0n) is 13.9. The van der Waals surface area contributed by atoms with Gasteiger partial charge in [0.05, 0.1) is 5.69 Å². The molecule has 0 aliphatic carbocycles. The van der Waals surface area contributed by atoms with E-state index in [1.807, 2.05) is 0 Å². The molecule has 2 N–H and O–H groups in total. The lowest BCUT2D eigenvalue weighted by molar-refractivity contribution is -0.153. The number of benzene rings is 2. The number of halogens is 3. The van der Waals surface area contributed by atoms with Crippen LogP contribution < -0.4 is 20.1 Å². The molecule has 142 valence electrons. The van der Waals surface area contributed by atoms with Crippen LogP contribution in [0, 0.1) is 0 Å². The number of carbonyl (C=O) groups is 2. The third-order valence-electron chi connectivity index (χ3n) is 3.66. The third kappa shape index (κ3) is 5.13. The van der Waals surface area contributed by atoms with Gasteiger partial charge in [0.25, 0.3) is 11.8 Å². The van der Waals surface area contributed by atoms with E-state index in [4.69, 9.17) is 4.74 Å². The molecule has 0 aromatic heterocycles. The van der Waals surface area contributed by atoms with Crippen molar-refractivity contribution in [3.63, 3.8) is 0 Å². The highest BCUT2D eigenvalue weighted by Crippen LogP contribution is 2.28. The van der Waals surface area contributed by atoms with Crippen LogP contribution in [0.15, 0.2) is 42.5 Å². The van der Waals surface area contributed by atoms with E-state index in [1.165, 1.54) is 18.2 Å². The average Bonchev–Trinajstić information content (AvgIpc) is 2.64. The van der Waals surface area contributed by atoms with Crippen LogP contribution in [-0.4, -0.2) is 31.2 Å². The summed E-state index contributed by atoms with van der Waals surface area (Å²) in [7, 11) is 0. The molecule has 2 aromatic carbocycles. The van der Waals surface area contributed by atoms with Crippen LogP contribution >= 0.6 is 0 Å². The molecule has 0 unspecified atom stereocenters. The number of nitrogens with one attached hydrogen (secondary N) is 2. The molecule has 0 saturated carbocycles. The highest BCUT2D eigenvalue weighted by atomic mass is 19.4. The Morgan fingerprint density at radius 3 is 2.63 bits per heavy atom. The van der Waals surface area contributed by atoms with Crippen LogP contribution in [-0.2, 0) is 11.3 Å². The number of ether oxygens (including phenoxy) is 2. The fraction of sp³-hybridized carbons (Fsp3) is 0.222. The molecule has 0 bridgehead atoms. The summed E-state index contributed by atoms with van der Waals surface area (Å²) in [6.07, 6.45) is -4.39. The molecule has 0 atom stereocenters. The first-order valence-electron chi connectivity index (χ1n) is 7.93. The van der Waals surface area contributed by atoms with Crippen molar-refractivity contribution < 1.29 is 32.2 Å². The fourth-order valence-corrected chi connectivity index (χ4v) is 2.37. The van der Waals surface area contributed by atoms with Crippen LogP contribution in [0.1, 0.15) is 15.9 Å². The molecule has 27 heavy (non-hydrogen) atoms. The summed E-state index contributed by atoms with van der Waals surface area (Å²) in [6.45, 7) is -1.28. The Morgan fingerprint density at radius 2 is 1.93 bits per heavy atom. The van der Waals surface area contributed by atoms with Gasteiger partial charge in [0.15, 0.2) is 13.2 Å². The quantitative estimate of drug-likeness (QED) is 0.836. The Balaban J connectivity index is 1.55. The summed E-state index contributed by atoms with van der Waals surface area (Å²) >= 11 is 0. The minimum absolute atomic E-state index is 0.0938. The van der Waals surface area contributed by atoms with Crippen molar-refractivity contribution in [1.82, 2.24) is 5.32 Å². The predicted octanol–water partition coefficient (Wildman–Crippen LogP) is 2.89. The summed E-state index contributed by atoms with van der Waals surface area (Å²) in [6, 6.07) is 10.6. The summed E-state index contributed by atoms with van der Waals surface area (Å²) < 4.78 is 46.2. The first-order chi connectivity index (χ1) is 12.8. The van der Waals surface area contributed by atoms with Crippen LogP contribution in [0.5, 0.6) is 11.5 Å². The Kier molecular flexibility index (Phi) is 5.20. The molecule has 0 radical (unpaired) electrons. The van der Waals surface area contributed by atoms with E-state index < -0.39 is 12.8 Å². The SMILES string of the molecule is O=C1COc2cc(C(=O)NCc3ccc(OCC(F)(F)F)cc3)ccc2N1. The smallest absolute Gasteiger partial charge is 0.422 e. The van der Waals surface area contributed by atoms with Crippen molar-refractivity contribution in [1.29, 1.82) is 0 Å². The number of alkyl halides is 3. The Hall–Kier alpha value is -3.23.